The molecule has 0 saturated heterocycles. The van der Waals surface area contributed by atoms with Gasteiger partial charge in [-0.2, -0.15) is 5.10 Å². The van der Waals surface area contributed by atoms with Gasteiger partial charge >= 0.3 is 0 Å². The maximum atomic E-state index is 12.4. The summed E-state index contributed by atoms with van der Waals surface area (Å²) in [6.07, 6.45) is 5.22. The van der Waals surface area contributed by atoms with Crippen molar-refractivity contribution in [3.05, 3.63) is 64.1 Å². The Balaban J connectivity index is 2.07. The summed E-state index contributed by atoms with van der Waals surface area (Å²) in [5.41, 5.74) is 8.76. The van der Waals surface area contributed by atoms with E-state index in [2.05, 4.69) is 10.1 Å². The average molecular weight is 269 g/mol. The molecular weight excluding hydrogens is 254 g/mol. The highest BCUT2D eigenvalue weighted by Crippen LogP contribution is 2.07. The van der Waals surface area contributed by atoms with E-state index in [4.69, 9.17) is 5.73 Å². The molecule has 3 rings (SSSR count). The lowest BCUT2D eigenvalue weighted by Crippen LogP contribution is -2.22. The highest BCUT2D eigenvalue weighted by Gasteiger charge is 2.08. The second-order valence-corrected chi connectivity index (χ2v) is 4.66. The molecule has 0 saturated carbocycles. The standard InChI is InChI=1S/C14H15N5O/c1-10-7-13-14(20)18(5-6-19(13)17-10)9-11-3-2-4-16-12(11)8-15/h2-7H,8-9,15H2,1H3. The monoisotopic (exact) mass is 269 g/mol. The third-order valence-corrected chi connectivity index (χ3v) is 3.24. The molecule has 3 aromatic rings. The van der Waals surface area contributed by atoms with E-state index in [0.29, 0.717) is 18.6 Å². The Morgan fingerprint density at radius 1 is 1.35 bits per heavy atom. The first-order chi connectivity index (χ1) is 9.69. The van der Waals surface area contributed by atoms with Crippen LogP contribution in [0.5, 0.6) is 0 Å². The van der Waals surface area contributed by atoms with Crippen molar-refractivity contribution >= 4 is 5.52 Å². The molecule has 2 N–H and O–H groups in total. The predicted octanol–water partition coefficient (Wildman–Crippen LogP) is 0.706. The number of hydrogen-bond acceptors (Lipinski definition) is 4. The Labute approximate surface area is 115 Å². The maximum Gasteiger partial charge on any atom is 0.276 e. The summed E-state index contributed by atoms with van der Waals surface area (Å²) >= 11 is 0. The van der Waals surface area contributed by atoms with Gasteiger partial charge in [0.05, 0.1) is 17.9 Å². The molecule has 0 aliphatic carbocycles. The van der Waals surface area contributed by atoms with E-state index in [0.717, 1.165) is 17.0 Å². The number of nitrogens with zero attached hydrogens (tertiary/aromatic N) is 4. The molecule has 0 amide bonds. The highest BCUT2D eigenvalue weighted by atomic mass is 16.1. The zero-order valence-electron chi connectivity index (χ0n) is 11.2. The van der Waals surface area contributed by atoms with E-state index in [1.165, 1.54) is 0 Å². The lowest BCUT2D eigenvalue weighted by molar-refractivity contribution is 0.728. The van der Waals surface area contributed by atoms with Gasteiger partial charge in [0.2, 0.25) is 0 Å². The summed E-state index contributed by atoms with van der Waals surface area (Å²) < 4.78 is 3.24. The van der Waals surface area contributed by atoms with Crippen molar-refractivity contribution < 1.29 is 0 Å². The van der Waals surface area contributed by atoms with Gasteiger partial charge in [-0.1, -0.05) is 6.07 Å². The van der Waals surface area contributed by atoms with Crippen molar-refractivity contribution in [2.24, 2.45) is 5.73 Å². The van der Waals surface area contributed by atoms with Gasteiger partial charge in [0.25, 0.3) is 5.56 Å². The highest BCUT2D eigenvalue weighted by molar-refractivity contribution is 5.45. The van der Waals surface area contributed by atoms with Crippen LogP contribution in [0.3, 0.4) is 0 Å². The van der Waals surface area contributed by atoms with Gasteiger partial charge in [-0.3, -0.25) is 9.78 Å². The molecule has 0 aromatic carbocycles. The van der Waals surface area contributed by atoms with Gasteiger partial charge in [0.15, 0.2) is 0 Å². The first kappa shape index (κ1) is 12.6. The minimum atomic E-state index is -0.0695. The van der Waals surface area contributed by atoms with Crippen molar-refractivity contribution in [3.63, 3.8) is 0 Å². The van der Waals surface area contributed by atoms with Crippen molar-refractivity contribution in [2.45, 2.75) is 20.0 Å². The van der Waals surface area contributed by atoms with Gasteiger partial charge in [0.1, 0.15) is 5.52 Å². The zero-order valence-corrected chi connectivity index (χ0v) is 11.2. The summed E-state index contributed by atoms with van der Waals surface area (Å²) in [6.45, 7) is 2.68. The van der Waals surface area contributed by atoms with Gasteiger partial charge < -0.3 is 10.3 Å². The quantitative estimate of drug-likeness (QED) is 0.759. The van der Waals surface area contributed by atoms with Crippen LogP contribution < -0.4 is 11.3 Å². The van der Waals surface area contributed by atoms with E-state index in [-0.39, 0.29) is 5.56 Å². The number of hydrogen-bond donors (Lipinski definition) is 1. The molecule has 0 aliphatic heterocycles. The molecule has 0 spiro atoms. The second kappa shape index (κ2) is 4.90. The summed E-state index contributed by atoms with van der Waals surface area (Å²) in [4.78, 5) is 16.6. The van der Waals surface area contributed by atoms with Crippen molar-refractivity contribution in [3.8, 4) is 0 Å². The van der Waals surface area contributed by atoms with E-state index >= 15 is 0 Å². The van der Waals surface area contributed by atoms with Crippen LogP contribution in [0, 0.1) is 6.92 Å². The number of aryl methyl sites for hydroxylation is 1. The molecule has 3 heterocycles. The van der Waals surface area contributed by atoms with Crippen molar-refractivity contribution in [1.82, 2.24) is 19.2 Å². The molecule has 3 aromatic heterocycles. The lowest BCUT2D eigenvalue weighted by Gasteiger charge is -2.09. The molecule has 0 unspecified atom stereocenters. The summed E-state index contributed by atoms with van der Waals surface area (Å²) in [7, 11) is 0. The fourth-order valence-electron chi connectivity index (χ4n) is 2.26. The van der Waals surface area contributed by atoms with Gasteiger partial charge in [-0.15, -0.1) is 0 Å². The van der Waals surface area contributed by atoms with Crippen LogP contribution in [0.15, 0.2) is 41.6 Å². The smallest absolute Gasteiger partial charge is 0.276 e. The number of aromatic nitrogens is 4. The van der Waals surface area contributed by atoms with Crippen LogP contribution in [0.25, 0.3) is 5.52 Å². The summed E-state index contributed by atoms with van der Waals surface area (Å²) in [6, 6.07) is 5.57. The molecule has 6 heteroatoms. The largest absolute Gasteiger partial charge is 0.325 e. The van der Waals surface area contributed by atoms with Crippen molar-refractivity contribution in [1.29, 1.82) is 0 Å². The first-order valence-electron chi connectivity index (χ1n) is 6.37. The van der Waals surface area contributed by atoms with E-state index in [1.54, 1.807) is 33.7 Å². The molecule has 20 heavy (non-hydrogen) atoms. The van der Waals surface area contributed by atoms with Crippen LogP contribution >= 0.6 is 0 Å². The van der Waals surface area contributed by atoms with Crippen LogP contribution in [0.1, 0.15) is 17.0 Å². The third kappa shape index (κ3) is 2.10. The molecule has 0 fully saturated rings. The second-order valence-electron chi connectivity index (χ2n) is 4.66. The predicted molar refractivity (Wildman–Crippen MR) is 75.4 cm³/mol. The third-order valence-electron chi connectivity index (χ3n) is 3.24. The Morgan fingerprint density at radius 3 is 3.00 bits per heavy atom. The average Bonchev–Trinajstić information content (AvgIpc) is 2.84. The molecule has 0 aliphatic rings. The van der Waals surface area contributed by atoms with Crippen LogP contribution in [0.4, 0.5) is 0 Å². The molecule has 102 valence electrons. The fraction of sp³-hybridized carbons (Fsp3) is 0.214. The van der Waals surface area contributed by atoms with Gasteiger partial charge in [-0.25, -0.2) is 4.52 Å². The topological polar surface area (TPSA) is 78.2 Å². The molecule has 6 nitrogen and oxygen atoms in total. The van der Waals surface area contributed by atoms with Crippen LogP contribution in [0.2, 0.25) is 0 Å². The summed E-state index contributed by atoms with van der Waals surface area (Å²) in [5, 5.41) is 4.23. The molecular formula is C14H15N5O. The van der Waals surface area contributed by atoms with Crippen LogP contribution in [-0.2, 0) is 13.1 Å². The SMILES string of the molecule is Cc1cc2c(=O)n(Cc3cccnc3CN)ccn2n1. The number of rotatable bonds is 3. The zero-order chi connectivity index (χ0) is 14.1. The fourth-order valence-corrected chi connectivity index (χ4v) is 2.26. The normalized spacial score (nSPS) is 11.1. The number of fused-ring (bicyclic) bond motifs is 1. The van der Waals surface area contributed by atoms with Gasteiger partial charge in [-0.05, 0) is 24.6 Å². The minimum Gasteiger partial charge on any atom is -0.325 e. The Morgan fingerprint density at radius 2 is 2.20 bits per heavy atom. The van der Waals surface area contributed by atoms with E-state index < -0.39 is 0 Å². The van der Waals surface area contributed by atoms with E-state index in [1.807, 2.05) is 19.1 Å². The van der Waals surface area contributed by atoms with Crippen molar-refractivity contribution in [2.75, 3.05) is 0 Å². The van der Waals surface area contributed by atoms with Gasteiger partial charge in [0, 0.05) is 25.1 Å². The maximum absolute atomic E-state index is 12.4. The first-order valence-corrected chi connectivity index (χ1v) is 6.37. The van der Waals surface area contributed by atoms with Crippen LogP contribution in [-0.4, -0.2) is 19.2 Å². The number of pyridine rings is 1. The Hall–Kier alpha value is -2.47. The molecule has 0 bridgehead atoms. The number of nitrogens with two attached hydrogens (primary N) is 1. The molecule has 0 radical (unpaired) electrons. The summed E-state index contributed by atoms with van der Waals surface area (Å²) in [5.74, 6) is 0. The minimum absolute atomic E-state index is 0.0695. The molecule has 0 atom stereocenters. The Kier molecular flexibility index (Phi) is 3.08. The van der Waals surface area contributed by atoms with E-state index in [9.17, 15) is 4.79 Å². The lowest BCUT2D eigenvalue weighted by atomic mass is 10.2. The Bertz CT molecular complexity index is 818.